The lowest BCUT2D eigenvalue weighted by atomic mass is 10.1. The van der Waals surface area contributed by atoms with Crippen molar-refractivity contribution in [3.63, 3.8) is 0 Å². The Balaban J connectivity index is 1.70. The number of nitrogen functional groups attached to an aromatic ring is 1. The van der Waals surface area contributed by atoms with Gasteiger partial charge in [0, 0.05) is 5.39 Å². The summed E-state index contributed by atoms with van der Waals surface area (Å²) < 4.78 is 5.45. The number of esters is 1. The maximum Gasteiger partial charge on any atom is 0.310 e. The van der Waals surface area contributed by atoms with E-state index in [1.807, 2.05) is 38.1 Å². The Morgan fingerprint density at radius 1 is 1.29 bits per heavy atom. The molecule has 1 aromatic carbocycles. The average Bonchev–Trinajstić information content (AvgIpc) is 3.05. The molecule has 0 radical (unpaired) electrons. The number of carbonyl (C=O) groups is 1. The fraction of sp³-hybridized carbons (Fsp3) is 0.421. The summed E-state index contributed by atoms with van der Waals surface area (Å²) in [4.78, 5) is 21.0. The molecule has 2 N–H and O–H groups in total. The third-order valence-corrected chi connectivity index (χ3v) is 4.70. The third kappa shape index (κ3) is 2.98. The molecule has 2 atom stereocenters. The first-order chi connectivity index (χ1) is 11.3. The van der Waals surface area contributed by atoms with Crippen LogP contribution in [-0.2, 0) is 16.1 Å². The molecule has 0 aliphatic heterocycles. The van der Waals surface area contributed by atoms with Crippen molar-refractivity contribution in [3.05, 3.63) is 41.7 Å². The van der Waals surface area contributed by atoms with Crippen LogP contribution in [-0.4, -0.2) is 15.9 Å². The first kappa shape index (κ1) is 16.4. The van der Waals surface area contributed by atoms with Crippen LogP contribution in [0, 0.1) is 17.3 Å². The predicted octanol–water partition coefficient (Wildman–Crippen LogP) is 3.49. The zero-order valence-electron chi connectivity index (χ0n) is 14.5. The molecule has 0 bridgehead atoms. The Morgan fingerprint density at radius 2 is 2.00 bits per heavy atom. The summed E-state index contributed by atoms with van der Waals surface area (Å²) in [6.07, 6.45) is 2.15. The lowest BCUT2D eigenvalue weighted by Crippen LogP contribution is -2.12. The van der Waals surface area contributed by atoms with E-state index in [0.717, 1.165) is 10.9 Å². The maximum absolute atomic E-state index is 12.4. The number of para-hydroxylation sites is 1. The van der Waals surface area contributed by atoms with E-state index >= 15 is 0 Å². The van der Waals surface area contributed by atoms with Crippen LogP contribution in [0.5, 0.6) is 0 Å². The molecule has 3 rings (SSSR count). The van der Waals surface area contributed by atoms with Crippen molar-refractivity contribution < 1.29 is 9.53 Å². The molecular weight excluding hydrogens is 302 g/mol. The van der Waals surface area contributed by atoms with Crippen LogP contribution >= 0.6 is 0 Å². The van der Waals surface area contributed by atoms with Gasteiger partial charge in [-0.3, -0.25) is 4.79 Å². The summed E-state index contributed by atoms with van der Waals surface area (Å²) in [5.41, 5.74) is 7.87. The van der Waals surface area contributed by atoms with E-state index in [-0.39, 0.29) is 29.8 Å². The second-order valence-corrected chi connectivity index (χ2v) is 7.22. The first-order valence-corrected chi connectivity index (χ1v) is 8.13. The summed E-state index contributed by atoms with van der Waals surface area (Å²) in [5.74, 6) is 0.762. The molecule has 1 saturated carbocycles. The molecule has 1 aromatic heterocycles. The highest BCUT2D eigenvalue weighted by atomic mass is 16.5. The monoisotopic (exact) mass is 325 g/mol. The van der Waals surface area contributed by atoms with Gasteiger partial charge >= 0.3 is 5.97 Å². The third-order valence-electron chi connectivity index (χ3n) is 4.70. The number of hydrogen-bond donors (Lipinski definition) is 1. The molecule has 5 heteroatoms. The van der Waals surface area contributed by atoms with Crippen LogP contribution in [0.1, 0.15) is 33.5 Å². The van der Waals surface area contributed by atoms with Crippen molar-refractivity contribution in [1.29, 1.82) is 0 Å². The minimum Gasteiger partial charge on any atom is -0.457 e. The van der Waals surface area contributed by atoms with Gasteiger partial charge in [0.15, 0.2) is 12.4 Å². The fourth-order valence-electron chi connectivity index (χ4n) is 3.24. The number of aromatic nitrogens is 2. The summed E-state index contributed by atoms with van der Waals surface area (Å²) >= 11 is 0. The molecule has 0 amide bonds. The van der Waals surface area contributed by atoms with Gasteiger partial charge in [-0.2, -0.15) is 0 Å². The minimum absolute atomic E-state index is 0.0436. The maximum atomic E-state index is 12.4. The number of nitrogens with two attached hydrogens (primary N) is 1. The highest BCUT2D eigenvalue weighted by Crippen LogP contribution is 2.59. The lowest BCUT2D eigenvalue weighted by Gasteiger charge is -2.07. The van der Waals surface area contributed by atoms with Crippen LogP contribution in [0.2, 0.25) is 0 Å². The Morgan fingerprint density at radius 3 is 2.71 bits per heavy atom. The first-order valence-electron chi connectivity index (χ1n) is 8.13. The van der Waals surface area contributed by atoms with Crippen molar-refractivity contribution >= 4 is 22.7 Å². The number of ether oxygens (including phenoxy) is 1. The minimum atomic E-state index is -0.196. The molecule has 1 aliphatic rings. The number of fused-ring (bicyclic) bond motifs is 1. The van der Waals surface area contributed by atoms with Gasteiger partial charge in [-0.1, -0.05) is 37.6 Å². The van der Waals surface area contributed by atoms with E-state index in [9.17, 15) is 4.79 Å². The fourth-order valence-corrected chi connectivity index (χ4v) is 3.24. The highest BCUT2D eigenvalue weighted by Gasteiger charge is 2.61. The number of nitrogens with zero attached hydrogens (tertiary/aromatic N) is 2. The Hall–Kier alpha value is -2.43. The number of hydrogen-bond acceptors (Lipinski definition) is 5. The zero-order chi connectivity index (χ0) is 17.5. The Kier molecular flexibility index (Phi) is 4.03. The summed E-state index contributed by atoms with van der Waals surface area (Å²) in [7, 11) is 0. The topological polar surface area (TPSA) is 78.1 Å². The van der Waals surface area contributed by atoms with Crippen LogP contribution in [0.3, 0.4) is 0 Å². The van der Waals surface area contributed by atoms with Gasteiger partial charge in [-0.15, -0.1) is 0 Å². The zero-order valence-corrected chi connectivity index (χ0v) is 14.5. The average molecular weight is 325 g/mol. The van der Waals surface area contributed by atoms with Crippen molar-refractivity contribution in [3.8, 4) is 0 Å². The molecule has 0 saturated heterocycles. The van der Waals surface area contributed by atoms with E-state index in [1.54, 1.807) is 0 Å². The predicted molar refractivity (Wildman–Crippen MR) is 93.9 cm³/mol. The van der Waals surface area contributed by atoms with Gasteiger partial charge in [-0.25, -0.2) is 9.97 Å². The molecule has 24 heavy (non-hydrogen) atoms. The smallest absolute Gasteiger partial charge is 0.310 e. The van der Waals surface area contributed by atoms with Gasteiger partial charge in [0.25, 0.3) is 0 Å². The molecule has 126 valence electrons. The van der Waals surface area contributed by atoms with Crippen LogP contribution in [0.4, 0.5) is 5.82 Å². The largest absolute Gasteiger partial charge is 0.457 e. The second-order valence-electron chi connectivity index (χ2n) is 7.22. The Labute approximate surface area is 141 Å². The number of benzene rings is 1. The van der Waals surface area contributed by atoms with Gasteiger partial charge in [0.1, 0.15) is 5.82 Å². The summed E-state index contributed by atoms with van der Waals surface area (Å²) in [6, 6.07) is 7.52. The van der Waals surface area contributed by atoms with Crippen molar-refractivity contribution in [2.24, 2.45) is 17.3 Å². The van der Waals surface area contributed by atoms with E-state index < -0.39 is 0 Å². The molecule has 1 aliphatic carbocycles. The van der Waals surface area contributed by atoms with E-state index in [0.29, 0.717) is 11.6 Å². The molecular formula is C19H23N3O2. The summed E-state index contributed by atoms with van der Waals surface area (Å²) in [6.45, 7) is 8.31. The van der Waals surface area contributed by atoms with E-state index in [2.05, 4.69) is 29.9 Å². The normalized spacial score (nSPS) is 21.3. The van der Waals surface area contributed by atoms with E-state index in [1.165, 1.54) is 5.57 Å². The highest BCUT2D eigenvalue weighted by molar-refractivity contribution is 5.87. The molecule has 0 unspecified atom stereocenters. The quantitative estimate of drug-likeness (QED) is 0.687. The Bertz CT molecular complexity index is 822. The van der Waals surface area contributed by atoms with E-state index in [4.69, 9.17) is 10.5 Å². The van der Waals surface area contributed by atoms with Gasteiger partial charge < -0.3 is 10.5 Å². The molecule has 2 aromatic rings. The van der Waals surface area contributed by atoms with Crippen LogP contribution in [0.25, 0.3) is 10.9 Å². The molecule has 1 fully saturated rings. The standard InChI is InChI=1S/C19H23N3O2/c1-11(2)9-13-16(19(13,3)4)18(23)24-10-15-21-14-8-6-5-7-12(14)17(20)22-15/h5-9,13,16H,10H2,1-4H3,(H2,20,21,22)/t13-,16+/m1/s1. The molecule has 1 heterocycles. The number of anilines is 1. The van der Waals surface area contributed by atoms with Gasteiger partial charge in [-0.05, 0) is 37.3 Å². The second kappa shape index (κ2) is 5.89. The molecule has 5 nitrogen and oxygen atoms in total. The number of carbonyl (C=O) groups excluding carboxylic acids is 1. The van der Waals surface area contributed by atoms with Crippen molar-refractivity contribution in [2.45, 2.75) is 34.3 Å². The van der Waals surface area contributed by atoms with Crippen LogP contribution in [0.15, 0.2) is 35.9 Å². The lowest BCUT2D eigenvalue weighted by molar-refractivity contribution is -0.147. The summed E-state index contributed by atoms with van der Waals surface area (Å²) in [5, 5.41) is 0.805. The van der Waals surface area contributed by atoms with Gasteiger partial charge in [0.05, 0.1) is 11.4 Å². The molecule has 0 spiro atoms. The van der Waals surface area contributed by atoms with Crippen molar-refractivity contribution in [1.82, 2.24) is 9.97 Å². The van der Waals surface area contributed by atoms with Gasteiger partial charge in [0.2, 0.25) is 0 Å². The van der Waals surface area contributed by atoms with Crippen LogP contribution < -0.4 is 5.73 Å². The SMILES string of the molecule is CC(C)=C[C@@H]1[C@@H](C(=O)OCc2nc(N)c3ccccc3n2)C1(C)C. The number of allylic oxidation sites excluding steroid dienone is 2. The number of rotatable bonds is 4. The van der Waals surface area contributed by atoms with Crippen molar-refractivity contribution in [2.75, 3.05) is 5.73 Å².